The predicted molar refractivity (Wildman–Crippen MR) is 93.0 cm³/mol. The van der Waals surface area contributed by atoms with Gasteiger partial charge in [0.05, 0.1) is 19.3 Å². The molecule has 0 bridgehead atoms. The summed E-state index contributed by atoms with van der Waals surface area (Å²) in [6, 6.07) is 10.9. The molecule has 0 N–H and O–H groups in total. The van der Waals surface area contributed by atoms with E-state index in [0.29, 0.717) is 32.1 Å². The second-order valence-electron chi connectivity index (χ2n) is 6.32. The van der Waals surface area contributed by atoms with Gasteiger partial charge in [-0.3, -0.25) is 0 Å². The summed E-state index contributed by atoms with van der Waals surface area (Å²) < 4.78 is 11.2. The standard InChI is InChI=1S/C20H22N2O2/c1-4-24-19-18(20(12-21)7-8-23-13-20)10-16(11-22-19)17-9-14(2)5-6-15(17)3/h5-6,9-11H,4,7-8,13H2,1-3H3. The smallest absolute Gasteiger partial charge is 0.218 e. The normalized spacial score (nSPS) is 19.9. The zero-order valence-electron chi connectivity index (χ0n) is 14.4. The van der Waals surface area contributed by atoms with Gasteiger partial charge in [0.15, 0.2) is 0 Å². The first-order valence-electron chi connectivity index (χ1n) is 8.29. The van der Waals surface area contributed by atoms with Crippen LogP contribution >= 0.6 is 0 Å². The Hall–Kier alpha value is -2.38. The molecule has 1 fully saturated rings. The van der Waals surface area contributed by atoms with Crippen molar-refractivity contribution in [3.05, 3.63) is 47.2 Å². The number of aryl methyl sites for hydroxylation is 2. The summed E-state index contributed by atoms with van der Waals surface area (Å²) in [6.07, 6.45) is 2.50. The van der Waals surface area contributed by atoms with E-state index in [4.69, 9.17) is 9.47 Å². The molecule has 1 aliphatic rings. The van der Waals surface area contributed by atoms with Crippen LogP contribution in [0, 0.1) is 25.2 Å². The molecule has 1 saturated heterocycles. The lowest BCUT2D eigenvalue weighted by molar-refractivity contribution is 0.185. The third-order valence-electron chi connectivity index (χ3n) is 4.59. The Morgan fingerprint density at radius 2 is 2.17 bits per heavy atom. The maximum atomic E-state index is 9.81. The van der Waals surface area contributed by atoms with Crippen LogP contribution in [0.2, 0.25) is 0 Å². The summed E-state index contributed by atoms with van der Waals surface area (Å²) >= 11 is 0. The Labute approximate surface area is 143 Å². The summed E-state index contributed by atoms with van der Waals surface area (Å²) in [4.78, 5) is 4.52. The van der Waals surface area contributed by atoms with E-state index in [1.165, 1.54) is 11.1 Å². The molecular formula is C20H22N2O2. The number of nitrogens with zero attached hydrogens (tertiary/aromatic N) is 2. The minimum atomic E-state index is -0.675. The molecule has 2 heterocycles. The van der Waals surface area contributed by atoms with Gasteiger partial charge in [-0.2, -0.15) is 5.26 Å². The second kappa shape index (κ2) is 6.62. The van der Waals surface area contributed by atoms with Crippen molar-refractivity contribution in [2.24, 2.45) is 0 Å². The summed E-state index contributed by atoms with van der Waals surface area (Å²) in [5, 5.41) is 9.81. The lowest BCUT2D eigenvalue weighted by Crippen LogP contribution is -2.25. The van der Waals surface area contributed by atoms with Crippen LogP contribution in [0.5, 0.6) is 5.88 Å². The monoisotopic (exact) mass is 322 g/mol. The van der Waals surface area contributed by atoms with Gasteiger partial charge in [0.25, 0.3) is 0 Å². The average molecular weight is 322 g/mol. The van der Waals surface area contributed by atoms with Crippen molar-refractivity contribution in [2.75, 3.05) is 19.8 Å². The third-order valence-corrected chi connectivity index (χ3v) is 4.59. The van der Waals surface area contributed by atoms with Gasteiger partial charge < -0.3 is 9.47 Å². The first-order valence-corrected chi connectivity index (χ1v) is 8.29. The maximum absolute atomic E-state index is 9.81. The van der Waals surface area contributed by atoms with Crippen LogP contribution in [0.3, 0.4) is 0 Å². The van der Waals surface area contributed by atoms with Gasteiger partial charge in [-0.05, 0) is 44.4 Å². The molecule has 24 heavy (non-hydrogen) atoms. The molecule has 1 aliphatic heterocycles. The summed E-state index contributed by atoms with van der Waals surface area (Å²) in [6.45, 7) is 7.59. The van der Waals surface area contributed by atoms with Crippen molar-refractivity contribution in [1.82, 2.24) is 4.98 Å². The van der Waals surface area contributed by atoms with E-state index < -0.39 is 5.41 Å². The van der Waals surface area contributed by atoms with E-state index in [0.717, 1.165) is 16.7 Å². The quantitative estimate of drug-likeness (QED) is 0.855. The lowest BCUT2D eigenvalue weighted by atomic mass is 9.80. The molecule has 0 saturated carbocycles. The average Bonchev–Trinajstić information content (AvgIpc) is 3.08. The zero-order chi connectivity index (χ0) is 17.2. The first kappa shape index (κ1) is 16.5. The fourth-order valence-corrected chi connectivity index (χ4v) is 3.17. The Morgan fingerprint density at radius 1 is 1.33 bits per heavy atom. The zero-order valence-corrected chi connectivity index (χ0v) is 14.4. The van der Waals surface area contributed by atoms with Gasteiger partial charge in [-0.15, -0.1) is 0 Å². The molecule has 4 nitrogen and oxygen atoms in total. The summed E-state index contributed by atoms with van der Waals surface area (Å²) in [5.41, 5.74) is 4.69. The highest BCUT2D eigenvalue weighted by Crippen LogP contribution is 2.39. The fraction of sp³-hybridized carbons (Fsp3) is 0.400. The third kappa shape index (κ3) is 2.88. The van der Waals surface area contributed by atoms with Gasteiger partial charge in [0, 0.05) is 23.9 Å². The van der Waals surface area contributed by atoms with Crippen LogP contribution in [0.4, 0.5) is 0 Å². The van der Waals surface area contributed by atoms with Gasteiger partial charge in [-0.25, -0.2) is 4.98 Å². The molecule has 0 aliphatic carbocycles. The maximum Gasteiger partial charge on any atom is 0.218 e. The van der Waals surface area contributed by atoms with Crippen molar-refractivity contribution in [3.63, 3.8) is 0 Å². The minimum Gasteiger partial charge on any atom is -0.478 e. The topological polar surface area (TPSA) is 55.1 Å². The fourth-order valence-electron chi connectivity index (χ4n) is 3.17. The summed E-state index contributed by atoms with van der Waals surface area (Å²) in [5.74, 6) is 0.540. The lowest BCUT2D eigenvalue weighted by Gasteiger charge is -2.22. The van der Waals surface area contributed by atoms with Crippen LogP contribution in [0.15, 0.2) is 30.5 Å². The van der Waals surface area contributed by atoms with Crippen LogP contribution in [0.1, 0.15) is 30.0 Å². The van der Waals surface area contributed by atoms with E-state index in [1.54, 1.807) is 0 Å². The molecule has 1 atom stereocenters. The molecular weight excluding hydrogens is 300 g/mol. The van der Waals surface area contributed by atoms with Crippen LogP contribution < -0.4 is 4.74 Å². The SMILES string of the molecule is CCOc1ncc(-c2cc(C)ccc2C)cc1C1(C#N)CCOC1. The molecule has 0 amide bonds. The Bertz CT molecular complexity index is 787. The number of nitriles is 1. The van der Waals surface area contributed by atoms with Gasteiger partial charge in [0.1, 0.15) is 5.41 Å². The Kier molecular flexibility index (Phi) is 4.55. The molecule has 1 aromatic carbocycles. The Balaban J connectivity index is 2.16. The number of hydrogen-bond donors (Lipinski definition) is 0. The van der Waals surface area contributed by atoms with Crippen LogP contribution in [-0.4, -0.2) is 24.8 Å². The van der Waals surface area contributed by atoms with Crippen LogP contribution in [0.25, 0.3) is 11.1 Å². The highest BCUT2D eigenvalue weighted by Gasteiger charge is 2.40. The molecule has 1 aromatic heterocycles. The van der Waals surface area contributed by atoms with Crippen molar-refractivity contribution in [2.45, 2.75) is 32.6 Å². The number of hydrogen-bond acceptors (Lipinski definition) is 4. The Morgan fingerprint density at radius 3 is 2.83 bits per heavy atom. The van der Waals surface area contributed by atoms with E-state index in [1.807, 2.05) is 13.1 Å². The van der Waals surface area contributed by atoms with E-state index >= 15 is 0 Å². The second-order valence-corrected chi connectivity index (χ2v) is 6.32. The molecule has 2 aromatic rings. The predicted octanol–water partition coefficient (Wildman–Crippen LogP) is 3.95. The molecule has 1 unspecified atom stereocenters. The number of benzene rings is 1. The number of ether oxygens (including phenoxy) is 2. The van der Waals surface area contributed by atoms with E-state index in [2.05, 4.69) is 49.2 Å². The van der Waals surface area contributed by atoms with E-state index in [-0.39, 0.29) is 0 Å². The number of pyridine rings is 1. The molecule has 124 valence electrons. The van der Waals surface area contributed by atoms with Crippen LogP contribution in [-0.2, 0) is 10.2 Å². The molecule has 0 radical (unpaired) electrons. The van der Waals surface area contributed by atoms with Gasteiger partial charge >= 0.3 is 0 Å². The molecule has 4 heteroatoms. The number of aromatic nitrogens is 1. The highest BCUT2D eigenvalue weighted by atomic mass is 16.5. The largest absolute Gasteiger partial charge is 0.478 e. The van der Waals surface area contributed by atoms with Gasteiger partial charge in [-0.1, -0.05) is 23.8 Å². The highest BCUT2D eigenvalue weighted by molar-refractivity contribution is 5.69. The van der Waals surface area contributed by atoms with Crippen molar-refractivity contribution in [1.29, 1.82) is 5.26 Å². The summed E-state index contributed by atoms with van der Waals surface area (Å²) in [7, 11) is 0. The van der Waals surface area contributed by atoms with E-state index in [9.17, 15) is 5.26 Å². The minimum absolute atomic E-state index is 0.390. The van der Waals surface area contributed by atoms with Crippen molar-refractivity contribution >= 4 is 0 Å². The molecule has 0 spiro atoms. The number of rotatable bonds is 4. The van der Waals surface area contributed by atoms with Crippen molar-refractivity contribution in [3.8, 4) is 23.1 Å². The first-order chi connectivity index (χ1) is 11.6. The molecule has 3 rings (SSSR count). The van der Waals surface area contributed by atoms with Crippen molar-refractivity contribution < 1.29 is 9.47 Å². The van der Waals surface area contributed by atoms with Gasteiger partial charge in [0.2, 0.25) is 5.88 Å².